The third-order valence-corrected chi connectivity index (χ3v) is 5.74. The lowest BCUT2D eigenvalue weighted by atomic mass is 10.0. The Morgan fingerprint density at radius 2 is 2.00 bits per heavy atom. The van der Waals surface area contributed by atoms with Crippen LogP contribution in [0.3, 0.4) is 0 Å². The maximum absolute atomic E-state index is 12.0. The number of halogens is 1. The Morgan fingerprint density at radius 1 is 1.39 bits per heavy atom. The minimum atomic E-state index is 0. The van der Waals surface area contributed by atoms with Crippen molar-refractivity contribution in [3.8, 4) is 0 Å². The molecule has 3 nitrogen and oxygen atoms in total. The maximum Gasteiger partial charge on any atom is 0.223 e. The van der Waals surface area contributed by atoms with Crippen LogP contribution in [0.1, 0.15) is 46.0 Å². The van der Waals surface area contributed by atoms with Crippen molar-refractivity contribution >= 4 is 30.1 Å². The van der Waals surface area contributed by atoms with Gasteiger partial charge in [0.05, 0.1) is 0 Å². The molecule has 0 heterocycles. The molecule has 0 spiro atoms. The molecule has 0 aromatic heterocycles. The van der Waals surface area contributed by atoms with Crippen LogP contribution in [-0.2, 0) is 4.79 Å². The number of rotatable bonds is 6. The van der Waals surface area contributed by atoms with Crippen molar-refractivity contribution in [2.75, 3.05) is 12.8 Å². The summed E-state index contributed by atoms with van der Waals surface area (Å²) >= 11 is 1.86. The van der Waals surface area contributed by atoms with Gasteiger partial charge in [0, 0.05) is 23.3 Å². The van der Waals surface area contributed by atoms with Crippen LogP contribution in [0.2, 0.25) is 0 Å². The van der Waals surface area contributed by atoms with Gasteiger partial charge in [0.2, 0.25) is 5.91 Å². The lowest BCUT2D eigenvalue weighted by Gasteiger charge is -2.30. The molecule has 0 radical (unpaired) electrons. The summed E-state index contributed by atoms with van der Waals surface area (Å²) in [5, 5.41) is 3.12. The molecule has 1 fully saturated rings. The van der Waals surface area contributed by atoms with Gasteiger partial charge < -0.3 is 11.1 Å². The van der Waals surface area contributed by atoms with E-state index in [1.165, 1.54) is 0 Å². The number of amides is 1. The van der Waals surface area contributed by atoms with Gasteiger partial charge in [0.1, 0.15) is 0 Å². The Hall–Kier alpha value is 0.0700. The maximum atomic E-state index is 12.0. The van der Waals surface area contributed by atoms with Crippen molar-refractivity contribution < 1.29 is 4.79 Å². The van der Waals surface area contributed by atoms with Gasteiger partial charge in [-0.15, -0.1) is 12.4 Å². The quantitative estimate of drug-likeness (QED) is 0.792. The van der Waals surface area contributed by atoms with Crippen molar-refractivity contribution in [3.05, 3.63) is 0 Å². The molecule has 1 rings (SSSR count). The Bertz CT molecular complexity index is 251. The van der Waals surface area contributed by atoms with Gasteiger partial charge in [-0.2, -0.15) is 11.8 Å². The zero-order valence-electron chi connectivity index (χ0n) is 11.7. The van der Waals surface area contributed by atoms with E-state index in [-0.39, 0.29) is 35.0 Å². The molecule has 2 atom stereocenters. The molecule has 0 bridgehead atoms. The summed E-state index contributed by atoms with van der Waals surface area (Å²) in [5.74, 6) is 0.358. The van der Waals surface area contributed by atoms with Gasteiger partial charge in [0.15, 0.2) is 0 Å². The third kappa shape index (κ3) is 4.63. The first-order valence-corrected chi connectivity index (χ1v) is 7.87. The molecule has 0 aromatic carbocycles. The first-order valence-electron chi connectivity index (χ1n) is 6.65. The monoisotopic (exact) mass is 294 g/mol. The molecule has 1 saturated carbocycles. The molecular formula is C13H27ClN2OS. The zero-order valence-corrected chi connectivity index (χ0v) is 13.3. The highest BCUT2D eigenvalue weighted by Crippen LogP contribution is 2.30. The normalized spacial score (nSPS) is 23.6. The highest BCUT2D eigenvalue weighted by atomic mass is 35.5. The van der Waals surface area contributed by atoms with Crippen LogP contribution in [-0.4, -0.2) is 29.5 Å². The van der Waals surface area contributed by atoms with Crippen molar-refractivity contribution in [1.29, 1.82) is 0 Å². The lowest BCUT2D eigenvalue weighted by Crippen LogP contribution is -2.41. The number of hydrogen-bond acceptors (Lipinski definition) is 3. The minimum Gasteiger partial charge on any atom is -0.354 e. The SMILES string of the molecule is CCC(CC)(CNC(=O)C1CCC(N)C1)SC.Cl. The molecule has 3 N–H and O–H groups in total. The number of carbonyl (C=O) groups excluding carboxylic acids is 1. The van der Waals surface area contributed by atoms with E-state index in [1.54, 1.807) is 0 Å². The van der Waals surface area contributed by atoms with Crippen LogP contribution in [0.5, 0.6) is 0 Å². The van der Waals surface area contributed by atoms with Crippen molar-refractivity contribution in [3.63, 3.8) is 0 Å². The molecule has 5 heteroatoms. The van der Waals surface area contributed by atoms with E-state index in [0.29, 0.717) is 0 Å². The number of hydrogen-bond donors (Lipinski definition) is 2. The molecule has 0 aliphatic heterocycles. The molecular weight excluding hydrogens is 268 g/mol. The molecule has 0 aromatic rings. The van der Waals surface area contributed by atoms with E-state index in [2.05, 4.69) is 25.4 Å². The summed E-state index contributed by atoms with van der Waals surface area (Å²) in [6.45, 7) is 5.17. The molecule has 1 amide bonds. The van der Waals surface area contributed by atoms with E-state index in [0.717, 1.165) is 38.6 Å². The summed E-state index contributed by atoms with van der Waals surface area (Å²) in [6, 6.07) is 0.230. The summed E-state index contributed by atoms with van der Waals surface area (Å²) in [4.78, 5) is 12.0. The number of nitrogens with two attached hydrogens (primary N) is 1. The second-order valence-electron chi connectivity index (χ2n) is 5.08. The number of thioether (sulfide) groups is 1. The Labute approximate surface area is 121 Å². The zero-order chi connectivity index (χ0) is 12.9. The summed E-state index contributed by atoms with van der Waals surface area (Å²) in [6.07, 6.45) is 7.12. The van der Waals surface area contributed by atoms with Crippen LogP contribution in [0.15, 0.2) is 0 Å². The Morgan fingerprint density at radius 3 is 2.39 bits per heavy atom. The van der Waals surface area contributed by atoms with Crippen LogP contribution < -0.4 is 11.1 Å². The van der Waals surface area contributed by atoms with E-state index in [9.17, 15) is 4.79 Å². The third-order valence-electron chi connectivity index (χ3n) is 4.15. The van der Waals surface area contributed by atoms with Gasteiger partial charge in [-0.3, -0.25) is 4.79 Å². The molecule has 1 aliphatic rings. The molecule has 18 heavy (non-hydrogen) atoms. The lowest BCUT2D eigenvalue weighted by molar-refractivity contribution is -0.124. The predicted molar refractivity (Wildman–Crippen MR) is 82.4 cm³/mol. The fourth-order valence-electron chi connectivity index (χ4n) is 2.51. The molecule has 2 unspecified atom stereocenters. The van der Waals surface area contributed by atoms with E-state index >= 15 is 0 Å². The molecule has 1 aliphatic carbocycles. The smallest absolute Gasteiger partial charge is 0.223 e. The minimum absolute atomic E-state index is 0. The van der Waals surface area contributed by atoms with Crippen molar-refractivity contribution in [1.82, 2.24) is 5.32 Å². The second-order valence-corrected chi connectivity index (χ2v) is 6.36. The average Bonchev–Trinajstić information content (AvgIpc) is 2.78. The highest BCUT2D eigenvalue weighted by Gasteiger charge is 2.30. The van der Waals surface area contributed by atoms with Crippen LogP contribution in [0.4, 0.5) is 0 Å². The Kier molecular flexibility index (Phi) is 8.31. The number of nitrogens with one attached hydrogen (secondary N) is 1. The summed E-state index contributed by atoms with van der Waals surface area (Å²) < 4.78 is 0.205. The van der Waals surface area contributed by atoms with E-state index < -0.39 is 0 Å². The second kappa shape index (κ2) is 8.28. The van der Waals surface area contributed by atoms with Gasteiger partial charge in [-0.1, -0.05) is 13.8 Å². The topological polar surface area (TPSA) is 55.1 Å². The molecule has 0 saturated heterocycles. The fraction of sp³-hybridized carbons (Fsp3) is 0.923. The average molecular weight is 295 g/mol. The van der Waals surface area contributed by atoms with Gasteiger partial charge in [0.25, 0.3) is 0 Å². The van der Waals surface area contributed by atoms with E-state index in [1.807, 2.05) is 11.8 Å². The molecule has 108 valence electrons. The predicted octanol–water partition coefficient (Wildman–Crippen LogP) is 2.57. The van der Waals surface area contributed by atoms with Crippen LogP contribution in [0, 0.1) is 5.92 Å². The first kappa shape index (κ1) is 18.1. The van der Waals surface area contributed by atoms with Gasteiger partial charge >= 0.3 is 0 Å². The standard InChI is InChI=1S/C13H26N2OS.ClH/c1-4-13(5-2,17-3)9-15-12(16)10-6-7-11(14)8-10;/h10-11H,4-9,14H2,1-3H3,(H,15,16);1H. The Balaban J connectivity index is 0.00000289. The van der Waals surface area contributed by atoms with Crippen molar-refractivity contribution in [2.24, 2.45) is 11.7 Å². The summed E-state index contributed by atoms with van der Waals surface area (Å²) in [7, 11) is 0. The van der Waals surface area contributed by atoms with Crippen molar-refractivity contribution in [2.45, 2.75) is 56.7 Å². The number of carbonyl (C=O) groups is 1. The van der Waals surface area contributed by atoms with Gasteiger partial charge in [-0.05, 0) is 38.4 Å². The summed E-state index contributed by atoms with van der Waals surface area (Å²) in [5.41, 5.74) is 5.84. The fourth-order valence-corrected chi connectivity index (χ4v) is 3.30. The largest absolute Gasteiger partial charge is 0.354 e. The first-order chi connectivity index (χ1) is 8.06. The highest BCUT2D eigenvalue weighted by molar-refractivity contribution is 8.00. The van der Waals surface area contributed by atoms with E-state index in [4.69, 9.17) is 5.73 Å². The van der Waals surface area contributed by atoms with Crippen LogP contribution in [0.25, 0.3) is 0 Å². The van der Waals surface area contributed by atoms with Crippen LogP contribution >= 0.6 is 24.2 Å². The van der Waals surface area contributed by atoms with Gasteiger partial charge in [-0.25, -0.2) is 0 Å².